The predicted octanol–water partition coefficient (Wildman–Crippen LogP) is 2.44. The molecule has 0 aliphatic carbocycles. The first-order chi connectivity index (χ1) is 11.2. The zero-order chi connectivity index (χ0) is 16.3. The number of para-hydroxylation sites is 2. The van der Waals surface area contributed by atoms with Crippen LogP contribution in [0.5, 0.6) is 0 Å². The van der Waals surface area contributed by atoms with Crippen molar-refractivity contribution in [1.82, 2.24) is 9.55 Å². The van der Waals surface area contributed by atoms with Crippen LogP contribution in [0.3, 0.4) is 0 Å². The number of carbonyl (C=O) groups excluding carboxylic acids is 1. The summed E-state index contributed by atoms with van der Waals surface area (Å²) in [6.07, 6.45) is 1.33. The second-order valence-corrected chi connectivity index (χ2v) is 5.95. The number of methoxy groups -OCH3 is 1. The summed E-state index contributed by atoms with van der Waals surface area (Å²) in [6.45, 7) is 4.36. The largest absolute Gasteiger partial charge is 0.384 e. The molecule has 6 heteroatoms. The van der Waals surface area contributed by atoms with Crippen LogP contribution in [0, 0.1) is 5.41 Å². The molecule has 0 unspecified atom stereocenters. The van der Waals surface area contributed by atoms with Crippen molar-refractivity contribution in [2.45, 2.75) is 26.3 Å². The lowest BCUT2D eigenvalue weighted by Gasteiger charge is -2.34. The Balaban J connectivity index is 1.89. The van der Waals surface area contributed by atoms with Crippen LogP contribution < -0.4 is 5.32 Å². The third kappa shape index (κ3) is 2.96. The van der Waals surface area contributed by atoms with Crippen LogP contribution >= 0.6 is 0 Å². The number of rotatable bonds is 5. The Morgan fingerprint density at radius 1 is 1.39 bits per heavy atom. The molecule has 1 amide bonds. The molecule has 0 radical (unpaired) electrons. The van der Waals surface area contributed by atoms with Gasteiger partial charge in [-0.15, -0.1) is 0 Å². The van der Waals surface area contributed by atoms with E-state index >= 15 is 0 Å². The van der Waals surface area contributed by atoms with E-state index in [9.17, 15) is 4.79 Å². The van der Waals surface area contributed by atoms with Crippen molar-refractivity contribution in [3.63, 3.8) is 0 Å². The molecular weight excluding hydrogens is 294 g/mol. The quantitative estimate of drug-likeness (QED) is 0.920. The molecule has 23 heavy (non-hydrogen) atoms. The molecule has 124 valence electrons. The highest BCUT2D eigenvalue weighted by atomic mass is 16.5. The van der Waals surface area contributed by atoms with E-state index in [4.69, 9.17) is 9.47 Å². The summed E-state index contributed by atoms with van der Waals surface area (Å²) in [5, 5.41) is 3.02. The molecule has 1 aliphatic rings. The Morgan fingerprint density at radius 3 is 2.83 bits per heavy atom. The zero-order valence-corrected chi connectivity index (χ0v) is 13.7. The third-order valence-electron chi connectivity index (χ3n) is 4.55. The fraction of sp³-hybridized carbons (Fsp3) is 0.529. The van der Waals surface area contributed by atoms with Crippen LogP contribution in [0.25, 0.3) is 11.0 Å². The minimum atomic E-state index is -0.538. The molecule has 3 rings (SSSR count). The molecule has 6 nitrogen and oxygen atoms in total. The SMILES string of the molecule is CCn1c(NC(=O)C2(COC)CCOCC2)nc2ccccc21. The average Bonchev–Trinajstić information content (AvgIpc) is 2.93. The summed E-state index contributed by atoms with van der Waals surface area (Å²) in [7, 11) is 1.63. The number of carbonyl (C=O) groups is 1. The van der Waals surface area contributed by atoms with Crippen LogP contribution in [0.15, 0.2) is 24.3 Å². The van der Waals surface area contributed by atoms with E-state index in [1.165, 1.54) is 0 Å². The van der Waals surface area contributed by atoms with Gasteiger partial charge in [0.15, 0.2) is 0 Å². The lowest BCUT2D eigenvalue weighted by atomic mass is 9.80. The molecule has 1 saturated heterocycles. The van der Waals surface area contributed by atoms with Crippen LogP contribution in [-0.2, 0) is 20.8 Å². The van der Waals surface area contributed by atoms with Crippen LogP contribution in [0.1, 0.15) is 19.8 Å². The molecule has 0 bridgehead atoms. The first-order valence-corrected chi connectivity index (χ1v) is 8.03. The summed E-state index contributed by atoms with van der Waals surface area (Å²) in [6, 6.07) is 7.90. The number of nitrogens with zero attached hydrogens (tertiary/aromatic N) is 2. The van der Waals surface area contributed by atoms with Crippen molar-refractivity contribution < 1.29 is 14.3 Å². The molecule has 0 saturated carbocycles. The van der Waals surface area contributed by atoms with Crippen molar-refractivity contribution in [2.75, 3.05) is 32.2 Å². The maximum atomic E-state index is 12.9. The summed E-state index contributed by atoms with van der Waals surface area (Å²) in [4.78, 5) is 17.5. The average molecular weight is 317 g/mol. The van der Waals surface area contributed by atoms with Gasteiger partial charge in [0, 0.05) is 26.9 Å². The third-order valence-corrected chi connectivity index (χ3v) is 4.55. The van der Waals surface area contributed by atoms with Gasteiger partial charge in [0.25, 0.3) is 0 Å². The van der Waals surface area contributed by atoms with Crippen molar-refractivity contribution in [3.8, 4) is 0 Å². The standard InChI is InChI=1S/C17H23N3O3/c1-3-20-14-7-5-4-6-13(14)18-16(20)19-15(21)17(12-22-2)8-10-23-11-9-17/h4-7H,3,8-12H2,1-2H3,(H,18,19,21). The van der Waals surface area contributed by atoms with Crippen LogP contribution in [-0.4, -0.2) is 42.4 Å². The van der Waals surface area contributed by atoms with E-state index < -0.39 is 5.41 Å². The number of benzene rings is 1. The second kappa shape index (κ2) is 6.68. The summed E-state index contributed by atoms with van der Waals surface area (Å²) in [5.41, 5.74) is 1.37. The molecule has 1 N–H and O–H groups in total. The number of imidazole rings is 1. The van der Waals surface area contributed by atoms with E-state index in [2.05, 4.69) is 10.3 Å². The van der Waals surface area contributed by atoms with E-state index in [1.807, 2.05) is 35.8 Å². The second-order valence-electron chi connectivity index (χ2n) is 5.95. The topological polar surface area (TPSA) is 65.4 Å². The van der Waals surface area contributed by atoms with Crippen molar-refractivity contribution in [3.05, 3.63) is 24.3 Å². The van der Waals surface area contributed by atoms with Gasteiger partial charge in [-0.2, -0.15) is 0 Å². The number of fused-ring (bicyclic) bond motifs is 1. The maximum absolute atomic E-state index is 12.9. The fourth-order valence-corrected chi connectivity index (χ4v) is 3.20. The van der Waals surface area contributed by atoms with Gasteiger partial charge in [-0.05, 0) is 31.9 Å². The molecule has 1 aliphatic heterocycles. The van der Waals surface area contributed by atoms with Gasteiger partial charge in [0.2, 0.25) is 11.9 Å². The molecule has 0 spiro atoms. The smallest absolute Gasteiger partial charge is 0.235 e. The molecular formula is C17H23N3O3. The summed E-state index contributed by atoms with van der Waals surface area (Å²) >= 11 is 0. The number of anilines is 1. The summed E-state index contributed by atoms with van der Waals surface area (Å²) < 4.78 is 12.7. The van der Waals surface area contributed by atoms with E-state index in [1.54, 1.807) is 7.11 Å². The first kappa shape index (κ1) is 16.0. The number of ether oxygens (including phenoxy) is 2. The Labute approximate surface area is 135 Å². The lowest BCUT2D eigenvalue weighted by molar-refractivity contribution is -0.135. The van der Waals surface area contributed by atoms with Gasteiger partial charge in [0.1, 0.15) is 0 Å². The van der Waals surface area contributed by atoms with E-state index in [0.29, 0.717) is 38.6 Å². The lowest BCUT2D eigenvalue weighted by Crippen LogP contribution is -2.44. The highest BCUT2D eigenvalue weighted by Gasteiger charge is 2.40. The number of amides is 1. The Bertz CT molecular complexity index is 684. The molecule has 0 atom stereocenters. The monoisotopic (exact) mass is 317 g/mol. The minimum Gasteiger partial charge on any atom is -0.384 e. The highest BCUT2D eigenvalue weighted by Crippen LogP contribution is 2.32. The van der Waals surface area contributed by atoms with Gasteiger partial charge in [0.05, 0.1) is 23.1 Å². The van der Waals surface area contributed by atoms with Crippen molar-refractivity contribution >= 4 is 22.9 Å². The predicted molar refractivity (Wildman–Crippen MR) is 88.4 cm³/mol. The van der Waals surface area contributed by atoms with Crippen molar-refractivity contribution in [2.24, 2.45) is 5.41 Å². The molecule has 2 aromatic rings. The molecule has 2 heterocycles. The highest BCUT2D eigenvalue weighted by molar-refractivity contribution is 5.95. The van der Waals surface area contributed by atoms with E-state index in [-0.39, 0.29) is 5.91 Å². The Kier molecular flexibility index (Phi) is 4.63. The van der Waals surface area contributed by atoms with Gasteiger partial charge < -0.3 is 14.0 Å². The number of aromatic nitrogens is 2. The fourth-order valence-electron chi connectivity index (χ4n) is 3.20. The first-order valence-electron chi connectivity index (χ1n) is 8.03. The van der Waals surface area contributed by atoms with Crippen LogP contribution in [0.4, 0.5) is 5.95 Å². The maximum Gasteiger partial charge on any atom is 0.235 e. The number of nitrogens with one attached hydrogen (secondary N) is 1. The molecule has 1 aromatic heterocycles. The Hall–Kier alpha value is -1.92. The zero-order valence-electron chi connectivity index (χ0n) is 13.7. The number of hydrogen-bond donors (Lipinski definition) is 1. The van der Waals surface area contributed by atoms with Crippen molar-refractivity contribution in [1.29, 1.82) is 0 Å². The Morgan fingerprint density at radius 2 is 2.13 bits per heavy atom. The molecule has 1 fully saturated rings. The van der Waals surface area contributed by atoms with Gasteiger partial charge in [-0.25, -0.2) is 4.98 Å². The summed E-state index contributed by atoms with van der Waals surface area (Å²) in [5.74, 6) is 0.563. The van der Waals surface area contributed by atoms with E-state index in [0.717, 1.165) is 17.6 Å². The number of hydrogen-bond acceptors (Lipinski definition) is 4. The van der Waals surface area contributed by atoms with Crippen LogP contribution in [0.2, 0.25) is 0 Å². The normalized spacial score (nSPS) is 17.3. The van der Waals surface area contributed by atoms with Gasteiger partial charge in [-0.3, -0.25) is 10.1 Å². The number of aryl methyl sites for hydroxylation is 1. The van der Waals surface area contributed by atoms with Gasteiger partial charge >= 0.3 is 0 Å². The molecule has 1 aromatic carbocycles. The minimum absolute atomic E-state index is 0.0346. The van der Waals surface area contributed by atoms with Gasteiger partial charge in [-0.1, -0.05) is 12.1 Å².